The van der Waals surface area contributed by atoms with Crippen molar-refractivity contribution in [1.82, 2.24) is 20.0 Å². The number of hydrogen-bond acceptors (Lipinski definition) is 5. The van der Waals surface area contributed by atoms with E-state index in [1.807, 2.05) is 18.5 Å². The Kier molecular flexibility index (Phi) is 4.74. The molecule has 0 unspecified atom stereocenters. The van der Waals surface area contributed by atoms with Crippen LogP contribution in [0.5, 0.6) is 0 Å². The van der Waals surface area contributed by atoms with Crippen molar-refractivity contribution in [3.8, 4) is 5.69 Å². The van der Waals surface area contributed by atoms with E-state index in [-0.39, 0.29) is 5.69 Å². The highest BCUT2D eigenvalue weighted by molar-refractivity contribution is 5.90. The Hall–Kier alpha value is -3.22. The number of carbonyl (C=O) groups excluding carboxylic acids is 1. The van der Waals surface area contributed by atoms with Crippen molar-refractivity contribution < 1.29 is 4.79 Å². The zero-order chi connectivity index (χ0) is 17.8. The van der Waals surface area contributed by atoms with Crippen molar-refractivity contribution >= 4 is 11.7 Å². The molecule has 7 nitrogen and oxygen atoms in total. The van der Waals surface area contributed by atoms with Gasteiger partial charge in [-0.25, -0.2) is 4.68 Å². The summed E-state index contributed by atoms with van der Waals surface area (Å²) in [6.45, 7) is 4.74. The van der Waals surface area contributed by atoms with Crippen LogP contribution in [0.1, 0.15) is 27.4 Å². The van der Waals surface area contributed by atoms with Crippen LogP contribution in [0.25, 0.3) is 5.69 Å². The lowest BCUT2D eigenvalue weighted by atomic mass is 10.1. The standard InChI is InChI=1S/C18H20N6O/c1-12-11-13(2)24(23-12)15-5-3-14(4-6-15)9-10-20-17-8-7-16(18(19)25)21-22-17/h3-8,11H,9-10H2,1-2H3,(H2,19,25)(H,20,22). The van der Waals surface area contributed by atoms with Gasteiger partial charge in [0.1, 0.15) is 5.82 Å². The second-order valence-electron chi connectivity index (χ2n) is 5.85. The number of nitrogens with one attached hydrogen (secondary N) is 1. The van der Waals surface area contributed by atoms with Gasteiger partial charge in [0, 0.05) is 12.2 Å². The summed E-state index contributed by atoms with van der Waals surface area (Å²) in [5, 5.41) is 15.3. The van der Waals surface area contributed by atoms with E-state index in [1.165, 1.54) is 5.56 Å². The maximum Gasteiger partial charge on any atom is 0.269 e. The predicted octanol–water partition coefficient (Wildman–Crippen LogP) is 2.03. The number of nitrogens with zero attached hydrogens (tertiary/aromatic N) is 4. The Balaban J connectivity index is 1.57. The number of benzene rings is 1. The number of aryl methyl sites for hydroxylation is 2. The van der Waals surface area contributed by atoms with Crippen LogP contribution in [0.15, 0.2) is 42.5 Å². The van der Waals surface area contributed by atoms with Crippen LogP contribution in [0.4, 0.5) is 5.82 Å². The Bertz CT molecular complexity index is 868. The van der Waals surface area contributed by atoms with Gasteiger partial charge in [-0.3, -0.25) is 4.79 Å². The van der Waals surface area contributed by atoms with Gasteiger partial charge in [-0.2, -0.15) is 5.10 Å². The van der Waals surface area contributed by atoms with Gasteiger partial charge < -0.3 is 11.1 Å². The third-order valence-electron chi connectivity index (χ3n) is 3.83. The number of amides is 1. The van der Waals surface area contributed by atoms with E-state index < -0.39 is 5.91 Å². The lowest BCUT2D eigenvalue weighted by molar-refractivity contribution is 0.0994. The summed E-state index contributed by atoms with van der Waals surface area (Å²) in [6, 6.07) is 13.6. The molecule has 0 fully saturated rings. The Morgan fingerprint density at radius 3 is 2.44 bits per heavy atom. The van der Waals surface area contributed by atoms with E-state index in [4.69, 9.17) is 5.73 Å². The monoisotopic (exact) mass is 336 g/mol. The second-order valence-corrected chi connectivity index (χ2v) is 5.85. The first kappa shape index (κ1) is 16.6. The number of rotatable bonds is 6. The van der Waals surface area contributed by atoms with Crippen LogP contribution in [-0.4, -0.2) is 32.4 Å². The molecule has 0 spiro atoms. The van der Waals surface area contributed by atoms with Crippen molar-refractivity contribution in [2.45, 2.75) is 20.3 Å². The zero-order valence-electron chi connectivity index (χ0n) is 14.2. The van der Waals surface area contributed by atoms with Crippen molar-refractivity contribution in [2.75, 3.05) is 11.9 Å². The highest BCUT2D eigenvalue weighted by Gasteiger charge is 2.05. The third kappa shape index (κ3) is 4.00. The lowest BCUT2D eigenvalue weighted by Gasteiger charge is -2.07. The van der Waals surface area contributed by atoms with Gasteiger partial charge in [0.2, 0.25) is 0 Å². The molecule has 0 saturated carbocycles. The van der Waals surface area contributed by atoms with Crippen LogP contribution in [-0.2, 0) is 6.42 Å². The van der Waals surface area contributed by atoms with Gasteiger partial charge in [-0.15, -0.1) is 10.2 Å². The quantitative estimate of drug-likeness (QED) is 0.717. The highest BCUT2D eigenvalue weighted by atomic mass is 16.1. The van der Waals surface area contributed by atoms with Crippen LogP contribution in [0.3, 0.4) is 0 Å². The largest absolute Gasteiger partial charge is 0.368 e. The Labute approximate surface area is 145 Å². The first-order valence-corrected chi connectivity index (χ1v) is 8.03. The predicted molar refractivity (Wildman–Crippen MR) is 95.8 cm³/mol. The molecule has 1 aromatic carbocycles. The number of anilines is 1. The van der Waals surface area contributed by atoms with Gasteiger partial charge in [0.25, 0.3) is 5.91 Å². The minimum Gasteiger partial charge on any atom is -0.368 e. The third-order valence-corrected chi connectivity index (χ3v) is 3.83. The summed E-state index contributed by atoms with van der Waals surface area (Å²) in [5.74, 6) is 0.0333. The van der Waals surface area contributed by atoms with Crippen LogP contribution >= 0.6 is 0 Å². The summed E-state index contributed by atoms with van der Waals surface area (Å²) in [6.07, 6.45) is 0.844. The molecule has 2 heterocycles. The SMILES string of the molecule is Cc1cc(C)n(-c2ccc(CCNc3ccc(C(N)=O)nn3)cc2)n1. The number of primary amides is 1. The molecule has 0 radical (unpaired) electrons. The molecule has 3 aromatic rings. The summed E-state index contributed by atoms with van der Waals surface area (Å²) in [4.78, 5) is 11.0. The van der Waals surface area contributed by atoms with Crippen LogP contribution in [0, 0.1) is 13.8 Å². The molecular weight excluding hydrogens is 316 g/mol. The van der Waals surface area contributed by atoms with E-state index in [0.717, 1.165) is 23.5 Å². The molecule has 1 amide bonds. The number of aromatic nitrogens is 4. The first-order chi connectivity index (χ1) is 12.0. The molecule has 3 N–H and O–H groups in total. The normalized spacial score (nSPS) is 10.6. The average Bonchev–Trinajstić information content (AvgIpc) is 2.94. The van der Waals surface area contributed by atoms with Crippen molar-refractivity contribution in [2.24, 2.45) is 5.73 Å². The smallest absolute Gasteiger partial charge is 0.269 e. The molecule has 3 rings (SSSR count). The molecule has 0 aliphatic carbocycles. The number of nitrogens with two attached hydrogens (primary N) is 1. The number of carbonyl (C=O) groups is 1. The fourth-order valence-corrected chi connectivity index (χ4v) is 2.59. The van der Waals surface area contributed by atoms with Gasteiger partial charge in [0.05, 0.1) is 11.4 Å². The van der Waals surface area contributed by atoms with Crippen LogP contribution in [0.2, 0.25) is 0 Å². The molecule has 0 aliphatic heterocycles. The molecule has 0 aliphatic rings. The summed E-state index contributed by atoms with van der Waals surface area (Å²) >= 11 is 0. The fraction of sp³-hybridized carbons (Fsp3) is 0.222. The van der Waals surface area contributed by atoms with E-state index in [1.54, 1.807) is 12.1 Å². The van der Waals surface area contributed by atoms with E-state index in [2.05, 4.69) is 50.9 Å². The highest BCUT2D eigenvalue weighted by Crippen LogP contribution is 2.13. The summed E-state index contributed by atoms with van der Waals surface area (Å²) in [7, 11) is 0. The van der Waals surface area contributed by atoms with Gasteiger partial charge in [0.15, 0.2) is 5.69 Å². The number of hydrogen-bond donors (Lipinski definition) is 2. The topological polar surface area (TPSA) is 98.7 Å². The van der Waals surface area contributed by atoms with Gasteiger partial charge >= 0.3 is 0 Å². The minimum absolute atomic E-state index is 0.158. The summed E-state index contributed by atoms with van der Waals surface area (Å²) < 4.78 is 1.94. The van der Waals surface area contributed by atoms with E-state index >= 15 is 0 Å². The molecule has 2 aromatic heterocycles. The Morgan fingerprint density at radius 1 is 1.12 bits per heavy atom. The van der Waals surface area contributed by atoms with E-state index in [0.29, 0.717) is 12.4 Å². The molecule has 0 bridgehead atoms. The Morgan fingerprint density at radius 2 is 1.88 bits per heavy atom. The van der Waals surface area contributed by atoms with Crippen molar-refractivity contribution in [3.05, 3.63) is 65.1 Å². The molecule has 25 heavy (non-hydrogen) atoms. The van der Waals surface area contributed by atoms with Gasteiger partial charge in [-0.05, 0) is 56.2 Å². The van der Waals surface area contributed by atoms with E-state index in [9.17, 15) is 4.79 Å². The average molecular weight is 336 g/mol. The molecule has 128 valence electrons. The van der Waals surface area contributed by atoms with Crippen LogP contribution < -0.4 is 11.1 Å². The first-order valence-electron chi connectivity index (χ1n) is 8.03. The maximum absolute atomic E-state index is 11.0. The summed E-state index contributed by atoms with van der Waals surface area (Å²) in [5.41, 5.74) is 9.68. The van der Waals surface area contributed by atoms with Crippen molar-refractivity contribution in [3.63, 3.8) is 0 Å². The van der Waals surface area contributed by atoms with Crippen molar-refractivity contribution in [1.29, 1.82) is 0 Å². The fourth-order valence-electron chi connectivity index (χ4n) is 2.59. The minimum atomic E-state index is -0.582. The molecule has 0 atom stereocenters. The lowest BCUT2D eigenvalue weighted by Crippen LogP contribution is -2.14. The molecular formula is C18H20N6O. The maximum atomic E-state index is 11.0. The zero-order valence-corrected chi connectivity index (χ0v) is 14.2. The molecule has 0 saturated heterocycles. The van der Waals surface area contributed by atoms with Gasteiger partial charge in [-0.1, -0.05) is 12.1 Å². The second kappa shape index (κ2) is 7.12. The molecule has 7 heteroatoms.